The third-order valence-electron chi connectivity index (χ3n) is 5.18. The molecule has 8 heteroatoms. The number of anilines is 1. The van der Waals surface area contributed by atoms with Crippen molar-refractivity contribution in [3.05, 3.63) is 41.5 Å². The molecule has 1 aliphatic rings. The Morgan fingerprint density at radius 3 is 2.69 bits per heavy atom. The van der Waals surface area contributed by atoms with E-state index in [0.29, 0.717) is 19.4 Å². The van der Waals surface area contributed by atoms with Crippen LogP contribution in [0.3, 0.4) is 0 Å². The van der Waals surface area contributed by atoms with Crippen LogP contribution in [0.25, 0.3) is 0 Å². The number of carbonyl (C=O) groups is 2. The second-order valence-electron chi connectivity index (χ2n) is 7.39. The number of benzene rings is 1. The molecule has 2 heterocycles. The second-order valence-corrected chi connectivity index (χ2v) is 7.39. The van der Waals surface area contributed by atoms with Gasteiger partial charge in [0, 0.05) is 38.0 Å². The number of rotatable bonds is 7. The van der Waals surface area contributed by atoms with Gasteiger partial charge in [-0.15, -0.1) is 10.2 Å². The van der Waals surface area contributed by atoms with Gasteiger partial charge in [-0.2, -0.15) is 0 Å². The van der Waals surface area contributed by atoms with Crippen molar-refractivity contribution in [3.8, 4) is 0 Å². The first-order chi connectivity index (χ1) is 14.1. The molecule has 0 bridgehead atoms. The minimum Gasteiger partial charge on any atom is -0.338 e. The Kier molecular flexibility index (Phi) is 7.21. The molecule has 0 saturated carbocycles. The summed E-state index contributed by atoms with van der Waals surface area (Å²) in [5.74, 6) is 1.99. The highest BCUT2D eigenvalue weighted by molar-refractivity contribution is 5.90. The monoisotopic (exact) mass is 398 g/mol. The molecule has 0 spiro atoms. The number of fused-ring (bicyclic) bond motifs is 1. The topological polar surface area (TPSA) is 101 Å². The van der Waals surface area contributed by atoms with Gasteiger partial charge in [0.25, 0.3) is 0 Å². The molecule has 0 fully saturated rings. The SMILES string of the molecule is CCC(=O)Nc1ccc(C(C)NC(=O)NCCc2nnc3n2CCCCC3)cc1. The van der Waals surface area contributed by atoms with Crippen molar-refractivity contribution in [2.45, 2.75) is 65.0 Å². The van der Waals surface area contributed by atoms with Crippen molar-refractivity contribution in [2.75, 3.05) is 11.9 Å². The normalized spacial score (nSPS) is 14.4. The van der Waals surface area contributed by atoms with Crippen LogP contribution in [0.1, 0.15) is 62.8 Å². The van der Waals surface area contributed by atoms with E-state index in [0.717, 1.165) is 42.3 Å². The highest BCUT2D eigenvalue weighted by Gasteiger charge is 2.15. The maximum absolute atomic E-state index is 12.2. The molecule has 0 aliphatic carbocycles. The lowest BCUT2D eigenvalue weighted by molar-refractivity contribution is -0.115. The van der Waals surface area contributed by atoms with Gasteiger partial charge in [0.05, 0.1) is 6.04 Å². The fourth-order valence-electron chi connectivity index (χ4n) is 3.45. The number of urea groups is 1. The highest BCUT2D eigenvalue weighted by atomic mass is 16.2. The van der Waals surface area contributed by atoms with Crippen LogP contribution >= 0.6 is 0 Å². The molecular weight excluding hydrogens is 368 g/mol. The first-order valence-electron chi connectivity index (χ1n) is 10.4. The van der Waals surface area contributed by atoms with E-state index < -0.39 is 0 Å². The number of carbonyl (C=O) groups excluding carboxylic acids is 2. The van der Waals surface area contributed by atoms with Crippen molar-refractivity contribution < 1.29 is 9.59 Å². The molecule has 156 valence electrons. The number of hydrogen-bond acceptors (Lipinski definition) is 4. The van der Waals surface area contributed by atoms with E-state index in [-0.39, 0.29) is 18.0 Å². The van der Waals surface area contributed by atoms with E-state index >= 15 is 0 Å². The summed E-state index contributed by atoms with van der Waals surface area (Å²) in [4.78, 5) is 23.7. The number of aryl methyl sites for hydroxylation is 1. The van der Waals surface area contributed by atoms with E-state index in [1.54, 1.807) is 0 Å². The van der Waals surface area contributed by atoms with Crippen LogP contribution in [-0.4, -0.2) is 33.2 Å². The molecule has 1 aliphatic heterocycles. The average Bonchev–Trinajstić information content (AvgIpc) is 2.94. The molecule has 1 atom stereocenters. The maximum atomic E-state index is 12.2. The molecule has 3 rings (SSSR count). The zero-order valence-electron chi connectivity index (χ0n) is 17.2. The van der Waals surface area contributed by atoms with Gasteiger partial charge in [0.2, 0.25) is 5.91 Å². The third-order valence-corrected chi connectivity index (χ3v) is 5.18. The summed E-state index contributed by atoms with van der Waals surface area (Å²) >= 11 is 0. The van der Waals surface area contributed by atoms with E-state index in [9.17, 15) is 9.59 Å². The van der Waals surface area contributed by atoms with Crippen LogP contribution < -0.4 is 16.0 Å². The molecule has 0 saturated heterocycles. The van der Waals surface area contributed by atoms with Crippen molar-refractivity contribution in [1.29, 1.82) is 0 Å². The molecule has 1 aromatic carbocycles. The summed E-state index contributed by atoms with van der Waals surface area (Å²) in [6, 6.07) is 7.14. The lowest BCUT2D eigenvalue weighted by atomic mass is 10.1. The molecule has 3 amide bonds. The largest absolute Gasteiger partial charge is 0.338 e. The summed E-state index contributed by atoms with van der Waals surface area (Å²) in [5, 5.41) is 17.2. The van der Waals surface area contributed by atoms with E-state index in [1.807, 2.05) is 38.1 Å². The summed E-state index contributed by atoms with van der Waals surface area (Å²) in [7, 11) is 0. The van der Waals surface area contributed by atoms with Gasteiger partial charge in [-0.3, -0.25) is 4.79 Å². The molecule has 1 aromatic heterocycles. The Bertz CT molecular complexity index is 830. The summed E-state index contributed by atoms with van der Waals surface area (Å²) < 4.78 is 2.20. The van der Waals surface area contributed by atoms with E-state index in [4.69, 9.17) is 0 Å². The average molecular weight is 399 g/mol. The Balaban J connectivity index is 1.44. The first-order valence-corrected chi connectivity index (χ1v) is 10.4. The molecule has 1 unspecified atom stereocenters. The van der Waals surface area contributed by atoms with Gasteiger partial charge in [-0.1, -0.05) is 25.5 Å². The van der Waals surface area contributed by atoms with E-state index in [1.165, 1.54) is 12.8 Å². The summed E-state index contributed by atoms with van der Waals surface area (Å²) in [6.45, 7) is 5.22. The standard InChI is InChI=1S/C21H30N6O2/c1-3-20(28)24-17-10-8-16(9-11-17)15(2)23-21(29)22-13-12-19-26-25-18-7-5-4-6-14-27(18)19/h8-11,15H,3-7,12-14H2,1-2H3,(H,24,28)(H2,22,23,29). The smallest absolute Gasteiger partial charge is 0.315 e. The minimum atomic E-state index is -0.212. The number of amides is 3. The van der Waals surface area contributed by atoms with Crippen LogP contribution in [0.15, 0.2) is 24.3 Å². The zero-order chi connectivity index (χ0) is 20.6. The third kappa shape index (κ3) is 5.79. The van der Waals surface area contributed by atoms with Gasteiger partial charge in [-0.05, 0) is 37.5 Å². The van der Waals surface area contributed by atoms with Gasteiger partial charge in [-0.25, -0.2) is 4.79 Å². The maximum Gasteiger partial charge on any atom is 0.315 e. The van der Waals surface area contributed by atoms with Gasteiger partial charge < -0.3 is 20.5 Å². The second kappa shape index (κ2) is 10.0. The molecule has 2 aromatic rings. The quantitative estimate of drug-likeness (QED) is 0.667. The molecule has 8 nitrogen and oxygen atoms in total. The number of aromatic nitrogens is 3. The summed E-state index contributed by atoms with van der Waals surface area (Å²) in [5.41, 5.74) is 1.72. The van der Waals surface area contributed by atoms with E-state index in [2.05, 4.69) is 30.7 Å². The molecular formula is C21H30N6O2. The van der Waals surface area contributed by atoms with Gasteiger partial charge in [0.1, 0.15) is 11.6 Å². The van der Waals surface area contributed by atoms with Gasteiger partial charge >= 0.3 is 6.03 Å². The Morgan fingerprint density at radius 2 is 1.93 bits per heavy atom. The lowest BCUT2D eigenvalue weighted by Gasteiger charge is -2.16. The number of nitrogens with zero attached hydrogens (tertiary/aromatic N) is 3. The van der Waals surface area contributed by atoms with Crippen LogP contribution in [0, 0.1) is 0 Å². The van der Waals surface area contributed by atoms with Crippen LogP contribution in [0.5, 0.6) is 0 Å². The van der Waals surface area contributed by atoms with Crippen molar-refractivity contribution in [2.24, 2.45) is 0 Å². The fraction of sp³-hybridized carbons (Fsp3) is 0.524. The number of hydrogen-bond donors (Lipinski definition) is 3. The molecule has 0 radical (unpaired) electrons. The van der Waals surface area contributed by atoms with Crippen molar-refractivity contribution in [3.63, 3.8) is 0 Å². The number of nitrogens with one attached hydrogen (secondary N) is 3. The van der Waals surface area contributed by atoms with Crippen LogP contribution in [0.2, 0.25) is 0 Å². The zero-order valence-corrected chi connectivity index (χ0v) is 17.2. The minimum absolute atomic E-state index is 0.0205. The van der Waals surface area contributed by atoms with Crippen LogP contribution in [0.4, 0.5) is 10.5 Å². The van der Waals surface area contributed by atoms with Crippen LogP contribution in [-0.2, 0) is 24.2 Å². The van der Waals surface area contributed by atoms with Crippen molar-refractivity contribution in [1.82, 2.24) is 25.4 Å². The molecule has 29 heavy (non-hydrogen) atoms. The Hall–Kier alpha value is -2.90. The van der Waals surface area contributed by atoms with Gasteiger partial charge in [0.15, 0.2) is 0 Å². The summed E-state index contributed by atoms with van der Waals surface area (Å²) in [6.07, 6.45) is 5.65. The Labute approximate surface area is 171 Å². The first kappa shape index (κ1) is 20.8. The lowest BCUT2D eigenvalue weighted by Crippen LogP contribution is -2.38. The predicted octanol–water partition coefficient (Wildman–Crippen LogP) is 2.96. The predicted molar refractivity (Wildman–Crippen MR) is 112 cm³/mol. The molecule has 3 N–H and O–H groups in total. The highest BCUT2D eigenvalue weighted by Crippen LogP contribution is 2.16. The van der Waals surface area contributed by atoms with Crippen molar-refractivity contribution >= 4 is 17.6 Å². The Morgan fingerprint density at radius 1 is 1.14 bits per heavy atom. The fourth-order valence-corrected chi connectivity index (χ4v) is 3.45.